The fourth-order valence-corrected chi connectivity index (χ4v) is 4.00. The Bertz CT molecular complexity index is 1050. The van der Waals surface area contributed by atoms with Crippen molar-refractivity contribution in [2.75, 3.05) is 25.0 Å². The number of nitrogens with one attached hydrogen (secondary N) is 1. The van der Waals surface area contributed by atoms with E-state index >= 15 is 0 Å². The molecule has 162 valence electrons. The lowest BCUT2D eigenvalue weighted by atomic mass is 9.95. The van der Waals surface area contributed by atoms with Crippen molar-refractivity contribution >= 4 is 17.6 Å². The fourth-order valence-electron chi connectivity index (χ4n) is 4.00. The van der Waals surface area contributed by atoms with Crippen molar-refractivity contribution < 1.29 is 13.9 Å². The van der Waals surface area contributed by atoms with Crippen molar-refractivity contribution in [3.63, 3.8) is 0 Å². The molecule has 2 atom stereocenters. The summed E-state index contributed by atoms with van der Waals surface area (Å²) in [5, 5.41) is 11.1. The summed E-state index contributed by atoms with van der Waals surface area (Å²) in [6, 6.07) is 8.21. The third kappa shape index (κ3) is 4.45. The van der Waals surface area contributed by atoms with Crippen LogP contribution < -0.4 is 5.32 Å². The zero-order chi connectivity index (χ0) is 21.2. The van der Waals surface area contributed by atoms with Gasteiger partial charge in [-0.1, -0.05) is 24.3 Å². The van der Waals surface area contributed by atoms with Crippen molar-refractivity contribution in [1.29, 1.82) is 0 Å². The van der Waals surface area contributed by atoms with Crippen LogP contribution in [-0.4, -0.2) is 56.4 Å². The van der Waals surface area contributed by atoms with E-state index in [0.29, 0.717) is 36.9 Å². The minimum atomic E-state index is -1.13. The SMILES string of the molecule is O=C(OCc1ccc(C2CC2)cc1)N1CC[C@H](CNc2nccn3cnnc23)[C@H](F)C1. The first-order valence-corrected chi connectivity index (χ1v) is 10.7. The molecule has 1 aromatic carbocycles. The van der Waals surface area contributed by atoms with Crippen LogP contribution >= 0.6 is 0 Å². The summed E-state index contributed by atoms with van der Waals surface area (Å²) in [5.74, 6) is 1.06. The van der Waals surface area contributed by atoms with E-state index in [0.717, 1.165) is 5.56 Å². The molecule has 5 rings (SSSR count). The number of carbonyl (C=O) groups is 1. The number of hydrogen-bond acceptors (Lipinski definition) is 6. The van der Waals surface area contributed by atoms with Gasteiger partial charge in [-0.25, -0.2) is 14.2 Å². The number of halogens is 1. The highest BCUT2D eigenvalue weighted by Gasteiger charge is 2.32. The first kappa shape index (κ1) is 19.7. The first-order chi connectivity index (χ1) is 15.2. The molecule has 0 radical (unpaired) electrons. The van der Waals surface area contributed by atoms with Crippen molar-refractivity contribution in [3.8, 4) is 0 Å². The largest absolute Gasteiger partial charge is 0.445 e. The summed E-state index contributed by atoms with van der Waals surface area (Å²) < 4.78 is 21.9. The van der Waals surface area contributed by atoms with E-state index < -0.39 is 12.3 Å². The normalized spacial score (nSPS) is 21.3. The summed E-state index contributed by atoms with van der Waals surface area (Å²) in [4.78, 5) is 18.1. The molecule has 2 aliphatic rings. The molecule has 1 saturated heterocycles. The Morgan fingerprint density at radius 2 is 2.06 bits per heavy atom. The molecule has 8 nitrogen and oxygen atoms in total. The Balaban J connectivity index is 1.10. The molecule has 1 saturated carbocycles. The van der Waals surface area contributed by atoms with Crippen LogP contribution in [-0.2, 0) is 11.3 Å². The molecule has 3 aromatic rings. The number of amides is 1. The number of ether oxygens (including phenoxy) is 1. The first-order valence-electron chi connectivity index (χ1n) is 10.7. The lowest BCUT2D eigenvalue weighted by Gasteiger charge is -2.34. The highest BCUT2D eigenvalue weighted by atomic mass is 19.1. The molecular weight excluding hydrogens is 399 g/mol. The number of rotatable bonds is 6. The molecule has 1 N–H and O–H groups in total. The van der Waals surface area contributed by atoms with Crippen LogP contribution in [0.5, 0.6) is 0 Å². The third-order valence-electron chi connectivity index (χ3n) is 6.07. The Kier molecular flexibility index (Phi) is 5.40. The van der Waals surface area contributed by atoms with Crippen LogP contribution in [0.15, 0.2) is 43.0 Å². The van der Waals surface area contributed by atoms with Crippen LogP contribution in [0.3, 0.4) is 0 Å². The fraction of sp³-hybridized carbons (Fsp3) is 0.455. The van der Waals surface area contributed by atoms with Gasteiger partial charge >= 0.3 is 6.09 Å². The predicted molar refractivity (Wildman–Crippen MR) is 112 cm³/mol. The van der Waals surface area contributed by atoms with Gasteiger partial charge in [0.1, 0.15) is 19.1 Å². The topological polar surface area (TPSA) is 84.7 Å². The number of hydrogen-bond donors (Lipinski definition) is 1. The maximum Gasteiger partial charge on any atom is 0.410 e. The second-order valence-corrected chi connectivity index (χ2v) is 8.30. The van der Waals surface area contributed by atoms with Crippen molar-refractivity contribution in [1.82, 2.24) is 24.5 Å². The molecule has 0 bridgehead atoms. The van der Waals surface area contributed by atoms with Gasteiger partial charge in [-0.3, -0.25) is 4.40 Å². The lowest BCUT2D eigenvalue weighted by molar-refractivity contribution is 0.0544. The highest BCUT2D eigenvalue weighted by Crippen LogP contribution is 2.39. The standard InChI is InChI=1S/C22H25FN6O2/c23-19-12-28(22(30)31-13-15-1-3-16(4-2-15)17-5-6-17)9-7-18(19)11-25-20-21-27-26-14-29(21)10-8-24-20/h1-4,8,10,14,17-19H,5-7,9,11-13H2,(H,24,25)/t18-,19-/m1/s1. The van der Waals surface area contributed by atoms with Crippen LogP contribution in [0.25, 0.3) is 5.65 Å². The molecule has 0 unspecified atom stereocenters. The number of carbonyl (C=O) groups excluding carboxylic acids is 1. The number of benzene rings is 1. The van der Waals surface area contributed by atoms with Gasteiger partial charge in [-0.2, -0.15) is 0 Å². The summed E-state index contributed by atoms with van der Waals surface area (Å²) in [6.45, 7) is 1.12. The van der Waals surface area contributed by atoms with Crippen LogP contribution in [0.1, 0.15) is 36.3 Å². The quantitative estimate of drug-likeness (QED) is 0.653. The Morgan fingerprint density at radius 3 is 2.84 bits per heavy atom. The van der Waals surface area contributed by atoms with Gasteiger partial charge in [-0.05, 0) is 36.3 Å². The second-order valence-electron chi connectivity index (χ2n) is 8.30. The van der Waals surface area contributed by atoms with E-state index in [1.807, 2.05) is 12.1 Å². The number of aromatic nitrogens is 4. The van der Waals surface area contributed by atoms with E-state index in [2.05, 4.69) is 32.6 Å². The smallest absolute Gasteiger partial charge is 0.410 e. The Labute approximate surface area is 179 Å². The van der Waals surface area contributed by atoms with Crippen LogP contribution in [0.4, 0.5) is 15.0 Å². The summed E-state index contributed by atoms with van der Waals surface area (Å²) >= 11 is 0. The van der Waals surface area contributed by atoms with Gasteiger partial charge in [0.15, 0.2) is 5.82 Å². The number of anilines is 1. The lowest BCUT2D eigenvalue weighted by Crippen LogP contribution is -2.46. The second kappa shape index (κ2) is 8.49. The molecule has 0 spiro atoms. The summed E-state index contributed by atoms with van der Waals surface area (Å²) in [7, 11) is 0. The summed E-state index contributed by atoms with van der Waals surface area (Å²) in [6.07, 6.45) is 6.46. The number of alkyl halides is 1. The zero-order valence-corrected chi connectivity index (χ0v) is 17.2. The van der Waals surface area contributed by atoms with Gasteiger partial charge in [0.05, 0.1) is 6.54 Å². The van der Waals surface area contributed by atoms with Gasteiger partial charge in [0.25, 0.3) is 0 Å². The maximum atomic E-state index is 14.8. The molecule has 31 heavy (non-hydrogen) atoms. The molecule has 1 amide bonds. The van der Waals surface area contributed by atoms with E-state index in [1.54, 1.807) is 23.1 Å². The van der Waals surface area contributed by atoms with E-state index in [1.165, 1.54) is 23.3 Å². The van der Waals surface area contributed by atoms with E-state index in [9.17, 15) is 9.18 Å². The molecular formula is C22H25FN6O2. The van der Waals surface area contributed by atoms with Crippen LogP contribution in [0.2, 0.25) is 0 Å². The Hall–Kier alpha value is -3.23. The molecule has 2 aromatic heterocycles. The summed E-state index contributed by atoms with van der Waals surface area (Å²) in [5.41, 5.74) is 2.90. The molecule has 3 heterocycles. The average Bonchev–Trinajstić information content (AvgIpc) is 3.53. The average molecular weight is 424 g/mol. The van der Waals surface area contributed by atoms with E-state index in [-0.39, 0.29) is 19.1 Å². The zero-order valence-electron chi connectivity index (χ0n) is 17.2. The van der Waals surface area contributed by atoms with E-state index in [4.69, 9.17) is 4.74 Å². The van der Waals surface area contributed by atoms with Crippen molar-refractivity contribution in [2.24, 2.45) is 5.92 Å². The van der Waals surface area contributed by atoms with Gasteiger partial charge < -0.3 is 15.0 Å². The predicted octanol–water partition coefficient (Wildman–Crippen LogP) is 3.41. The number of piperidine rings is 1. The monoisotopic (exact) mass is 424 g/mol. The van der Waals surface area contributed by atoms with Crippen LogP contribution in [0, 0.1) is 5.92 Å². The highest BCUT2D eigenvalue weighted by molar-refractivity contribution is 5.68. The van der Waals surface area contributed by atoms with Crippen molar-refractivity contribution in [3.05, 3.63) is 54.1 Å². The van der Waals surface area contributed by atoms with Gasteiger partial charge in [0.2, 0.25) is 5.65 Å². The number of likely N-dealkylation sites (tertiary alicyclic amines) is 1. The minimum Gasteiger partial charge on any atom is -0.445 e. The van der Waals surface area contributed by atoms with Crippen molar-refractivity contribution in [2.45, 2.75) is 38.0 Å². The molecule has 1 aliphatic carbocycles. The number of nitrogens with zero attached hydrogens (tertiary/aromatic N) is 5. The number of fused-ring (bicyclic) bond motifs is 1. The molecule has 1 aliphatic heterocycles. The third-order valence-corrected chi connectivity index (χ3v) is 6.07. The molecule has 9 heteroatoms. The molecule has 2 fully saturated rings. The Morgan fingerprint density at radius 1 is 1.23 bits per heavy atom. The van der Waals surface area contributed by atoms with Gasteiger partial charge in [0, 0.05) is 31.4 Å². The van der Waals surface area contributed by atoms with Gasteiger partial charge in [-0.15, -0.1) is 10.2 Å². The maximum absolute atomic E-state index is 14.8. The minimum absolute atomic E-state index is 0.0361.